The van der Waals surface area contributed by atoms with Gasteiger partial charge in [-0.2, -0.15) is 48.3 Å². The molecular formula is C6F12O3. The molecule has 0 aliphatic rings. The van der Waals surface area contributed by atoms with Crippen LogP contribution in [0.25, 0.3) is 0 Å². The molecule has 0 rings (SSSR count). The van der Waals surface area contributed by atoms with Gasteiger partial charge in [-0.3, -0.25) is 4.74 Å². The van der Waals surface area contributed by atoms with Crippen molar-refractivity contribution in [3.05, 3.63) is 0 Å². The van der Waals surface area contributed by atoms with Crippen LogP contribution in [0.4, 0.5) is 52.8 Å². The van der Waals surface area contributed by atoms with Gasteiger partial charge in [0.2, 0.25) is 0 Å². The molecule has 21 heavy (non-hydrogen) atoms. The Morgan fingerprint density at radius 2 is 1.10 bits per heavy atom. The summed E-state index contributed by atoms with van der Waals surface area (Å²) in [6, 6.07) is 0. The van der Waals surface area contributed by atoms with Gasteiger partial charge in [-0.05, 0) is 0 Å². The molecule has 0 aromatic rings. The van der Waals surface area contributed by atoms with Crippen LogP contribution >= 0.6 is 0 Å². The normalized spacial score (nSPS) is 17.3. The van der Waals surface area contributed by atoms with Gasteiger partial charge in [0.05, 0.1) is 0 Å². The summed E-state index contributed by atoms with van der Waals surface area (Å²) in [7, 11) is 0. The zero-order valence-electron chi connectivity index (χ0n) is 8.76. The highest BCUT2D eigenvalue weighted by molar-refractivity contribution is 5.78. The fraction of sp³-hybridized carbons (Fsp3) is 0.833. The Labute approximate surface area is 105 Å². The SMILES string of the molecule is O=C(OF)C(F)(OC(F)(F)C(F)(F)C(F)(F)F)C(F)(F)F. The van der Waals surface area contributed by atoms with Gasteiger partial charge in [0.25, 0.3) is 0 Å². The van der Waals surface area contributed by atoms with E-state index in [1.54, 1.807) is 9.68 Å². The van der Waals surface area contributed by atoms with Gasteiger partial charge < -0.3 is 0 Å². The number of ether oxygens (including phenoxy) is 1. The Kier molecular flexibility index (Phi) is 4.76. The highest BCUT2D eigenvalue weighted by Crippen LogP contribution is 2.51. The molecule has 0 aliphatic carbocycles. The van der Waals surface area contributed by atoms with Crippen LogP contribution in [0.1, 0.15) is 0 Å². The molecule has 0 saturated heterocycles. The van der Waals surface area contributed by atoms with Crippen LogP contribution in [0.15, 0.2) is 0 Å². The lowest BCUT2D eigenvalue weighted by molar-refractivity contribution is -0.476. The largest absolute Gasteiger partial charge is 0.462 e. The molecule has 0 aromatic carbocycles. The van der Waals surface area contributed by atoms with Crippen LogP contribution in [-0.4, -0.2) is 36.2 Å². The lowest BCUT2D eigenvalue weighted by atomic mass is 10.2. The van der Waals surface area contributed by atoms with E-state index in [9.17, 15) is 57.6 Å². The highest BCUT2D eigenvalue weighted by Gasteiger charge is 2.80. The first-order valence-electron chi connectivity index (χ1n) is 4.05. The highest BCUT2D eigenvalue weighted by atomic mass is 19.4. The van der Waals surface area contributed by atoms with E-state index in [2.05, 4.69) is 0 Å². The lowest BCUT2D eigenvalue weighted by Gasteiger charge is -2.32. The Morgan fingerprint density at radius 1 is 0.714 bits per heavy atom. The number of alkyl halides is 11. The summed E-state index contributed by atoms with van der Waals surface area (Å²) >= 11 is 0. The standard InChI is InChI=1S/C6F12O3/c7-2(1(19)20-18,4(10,11)12)21-6(16,17)3(8,9)5(13,14)15. The number of carbonyl (C=O) groups is 1. The zero-order valence-corrected chi connectivity index (χ0v) is 8.76. The minimum atomic E-state index is -7.33. The molecule has 15 heteroatoms. The number of hydrogen-bond donors (Lipinski definition) is 0. The molecule has 0 radical (unpaired) electrons. The quantitative estimate of drug-likeness (QED) is 0.730. The Bertz CT molecular complexity index is 397. The van der Waals surface area contributed by atoms with Gasteiger partial charge in [0.15, 0.2) is 0 Å². The molecule has 3 nitrogen and oxygen atoms in total. The van der Waals surface area contributed by atoms with Gasteiger partial charge in [0, 0.05) is 4.53 Å². The van der Waals surface area contributed by atoms with Crippen LogP contribution in [0.3, 0.4) is 0 Å². The minimum absolute atomic E-state index is 1.57. The average Bonchev–Trinajstić information content (AvgIpc) is 2.23. The lowest BCUT2D eigenvalue weighted by Crippen LogP contribution is -2.61. The summed E-state index contributed by atoms with van der Waals surface area (Å²) in [4.78, 5) is 11.6. The van der Waals surface area contributed by atoms with Crippen molar-refractivity contribution in [1.29, 1.82) is 0 Å². The molecule has 0 fully saturated rings. The topological polar surface area (TPSA) is 35.5 Å². The predicted molar refractivity (Wildman–Crippen MR) is 34.1 cm³/mol. The van der Waals surface area contributed by atoms with Gasteiger partial charge in [-0.15, -0.1) is 0 Å². The first-order chi connectivity index (χ1) is 8.94. The molecule has 126 valence electrons. The maximum Gasteiger partial charge on any atom is 0.462 e. The molecule has 0 aliphatic heterocycles. The van der Waals surface area contributed by atoms with E-state index < -0.39 is 36.2 Å². The first-order valence-corrected chi connectivity index (χ1v) is 4.05. The number of hydrogen-bond acceptors (Lipinski definition) is 3. The van der Waals surface area contributed by atoms with Crippen molar-refractivity contribution in [3.8, 4) is 0 Å². The monoisotopic (exact) mass is 348 g/mol. The minimum Gasteiger partial charge on any atom is -0.260 e. The summed E-state index contributed by atoms with van der Waals surface area (Å²) < 4.78 is 146. The molecule has 0 bridgehead atoms. The molecule has 0 spiro atoms. The van der Waals surface area contributed by atoms with Crippen molar-refractivity contribution in [2.75, 3.05) is 0 Å². The van der Waals surface area contributed by atoms with E-state index in [1.807, 2.05) is 0 Å². The number of rotatable bonds is 4. The summed E-state index contributed by atoms with van der Waals surface area (Å²) in [5, 5.41) is 0. The summed E-state index contributed by atoms with van der Waals surface area (Å²) in [5.41, 5.74) is 0. The van der Waals surface area contributed by atoms with Crippen molar-refractivity contribution in [1.82, 2.24) is 0 Å². The molecule has 1 atom stereocenters. The third-order valence-corrected chi connectivity index (χ3v) is 1.69. The van der Waals surface area contributed by atoms with E-state index >= 15 is 0 Å². The molecule has 0 aromatic heterocycles. The van der Waals surface area contributed by atoms with Gasteiger partial charge in [-0.25, -0.2) is 9.74 Å². The number of carbonyl (C=O) groups excluding carboxylic acids is 1. The fourth-order valence-electron chi connectivity index (χ4n) is 0.671. The van der Waals surface area contributed by atoms with Crippen molar-refractivity contribution in [3.63, 3.8) is 0 Å². The molecule has 0 N–H and O–H groups in total. The summed E-state index contributed by atoms with van der Waals surface area (Å²) in [6.07, 6.45) is -21.4. The van der Waals surface area contributed by atoms with Gasteiger partial charge >= 0.3 is 36.2 Å². The smallest absolute Gasteiger partial charge is 0.260 e. The van der Waals surface area contributed by atoms with Crippen molar-refractivity contribution in [2.45, 2.75) is 30.2 Å². The van der Waals surface area contributed by atoms with Crippen molar-refractivity contribution >= 4 is 5.97 Å². The second-order valence-corrected chi connectivity index (χ2v) is 3.15. The maximum absolute atomic E-state index is 12.9. The van der Waals surface area contributed by atoms with E-state index in [0.717, 1.165) is 0 Å². The van der Waals surface area contributed by atoms with E-state index in [1.165, 1.54) is 0 Å². The first kappa shape index (κ1) is 19.6. The van der Waals surface area contributed by atoms with Crippen molar-refractivity contribution in [2.24, 2.45) is 0 Å². The third-order valence-electron chi connectivity index (χ3n) is 1.69. The summed E-state index contributed by atoms with van der Waals surface area (Å²) in [6.45, 7) is 0. The Balaban J connectivity index is 5.82. The van der Waals surface area contributed by atoms with Gasteiger partial charge in [0.1, 0.15) is 0 Å². The van der Waals surface area contributed by atoms with Crippen molar-refractivity contribution < 1.29 is 67.3 Å². The van der Waals surface area contributed by atoms with E-state index in [0.29, 0.717) is 0 Å². The molecule has 0 saturated carbocycles. The maximum atomic E-state index is 12.9. The van der Waals surface area contributed by atoms with Crippen LogP contribution in [-0.2, 0) is 14.5 Å². The molecule has 0 amide bonds. The second kappa shape index (κ2) is 5.10. The van der Waals surface area contributed by atoms with Crippen LogP contribution < -0.4 is 0 Å². The molecular weight excluding hydrogens is 348 g/mol. The zero-order chi connectivity index (χ0) is 17.5. The third kappa shape index (κ3) is 3.26. The fourth-order valence-corrected chi connectivity index (χ4v) is 0.671. The van der Waals surface area contributed by atoms with E-state index in [-0.39, 0.29) is 0 Å². The van der Waals surface area contributed by atoms with Gasteiger partial charge in [-0.1, -0.05) is 0 Å². The summed E-state index contributed by atoms with van der Waals surface area (Å²) in [5.74, 6) is -17.9. The van der Waals surface area contributed by atoms with Crippen LogP contribution in [0, 0.1) is 0 Å². The Hall–Kier alpha value is -1.41. The predicted octanol–water partition coefficient (Wildman–Crippen LogP) is 3.45. The molecule has 1 unspecified atom stereocenters. The van der Waals surface area contributed by atoms with Crippen LogP contribution in [0.5, 0.6) is 0 Å². The van der Waals surface area contributed by atoms with E-state index in [4.69, 9.17) is 0 Å². The van der Waals surface area contributed by atoms with Crippen LogP contribution in [0.2, 0.25) is 0 Å². The molecule has 0 heterocycles. The average molecular weight is 348 g/mol. The Morgan fingerprint density at radius 3 is 1.33 bits per heavy atom. The second-order valence-electron chi connectivity index (χ2n) is 3.15. The number of halogens is 12.